The monoisotopic (exact) mass is 241 g/mol. The first-order chi connectivity index (χ1) is 8.74. The fourth-order valence-corrected chi connectivity index (χ4v) is 3.66. The number of hydrogen-bond acceptors (Lipinski definition) is 1. The highest BCUT2D eigenvalue weighted by Crippen LogP contribution is 2.38. The molecule has 1 aromatic rings. The Kier molecular flexibility index (Phi) is 3.25. The maximum absolute atomic E-state index is 3.67. The largest absolute Gasteiger partial charge is 0.310 e. The van der Waals surface area contributed by atoms with E-state index in [0.29, 0.717) is 6.04 Å². The Morgan fingerprint density at radius 3 is 2.94 bits per heavy atom. The molecule has 1 aliphatic carbocycles. The Bertz CT molecular complexity index is 461. The van der Waals surface area contributed by atoms with E-state index in [2.05, 4.69) is 49.5 Å². The number of hydrogen-bond donors (Lipinski definition) is 1. The smallest absolute Gasteiger partial charge is 0.0284 e. The van der Waals surface area contributed by atoms with E-state index in [9.17, 15) is 0 Å². The third-order valence-corrected chi connectivity index (χ3v) is 4.70. The molecule has 0 spiro atoms. The van der Waals surface area contributed by atoms with Gasteiger partial charge >= 0.3 is 0 Å². The van der Waals surface area contributed by atoms with Crippen LogP contribution in [0.1, 0.15) is 36.0 Å². The Labute approximate surface area is 110 Å². The molecule has 1 saturated heterocycles. The summed E-state index contributed by atoms with van der Waals surface area (Å²) in [5.41, 5.74) is 4.09. The number of aryl methyl sites for hydroxylation is 2. The molecule has 2 aliphatic rings. The molecule has 0 radical (unpaired) electrons. The van der Waals surface area contributed by atoms with Crippen LogP contribution < -0.4 is 5.32 Å². The molecule has 3 rings (SSSR count). The van der Waals surface area contributed by atoms with Crippen LogP contribution in [-0.4, -0.2) is 12.6 Å². The van der Waals surface area contributed by atoms with Crippen LogP contribution in [0, 0.1) is 25.7 Å². The number of benzene rings is 1. The molecule has 1 saturated carbocycles. The average molecular weight is 241 g/mol. The van der Waals surface area contributed by atoms with Crippen LogP contribution in [0.3, 0.4) is 0 Å². The molecule has 1 N–H and O–H groups in total. The van der Waals surface area contributed by atoms with Gasteiger partial charge in [0, 0.05) is 6.04 Å². The Balaban J connectivity index is 1.74. The summed E-state index contributed by atoms with van der Waals surface area (Å²) in [7, 11) is 0. The molecule has 18 heavy (non-hydrogen) atoms. The predicted octanol–water partition coefficient (Wildman–Crippen LogP) is 3.70. The normalized spacial score (nSPS) is 31.1. The third-order valence-electron chi connectivity index (χ3n) is 4.70. The minimum absolute atomic E-state index is 0.609. The number of rotatable bonds is 2. The molecule has 3 atom stereocenters. The van der Waals surface area contributed by atoms with Gasteiger partial charge in [0.15, 0.2) is 0 Å². The minimum Gasteiger partial charge on any atom is -0.310 e. The predicted molar refractivity (Wildman–Crippen MR) is 77.6 cm³/mol. The lowest BCUT2D eigenvalue weighted by Crippen LogP contribution is -2.23. The van der Waals surface area contributed by atoms with Crippen LogP contribution in [0.15, 0.2) is 24.3 Å². The highest BCUT2D eigenvalue weighted by molar-refractivity contribution is 5.55. The highest BCUT2D eigenvalue weighted by Gasteiger charge is 2.37. The Morgan fingerprint density at radius 1 is 1.22 bits per heavy atom. The van der Waals surface area contributed by atoms with Crippen molar-refractivity contribution in [1.29, 1.82) is 0 Å². The van der Waals surface area contributed by atoms with Gasteiger partial charge in [0.1, 0.15) is 0 Å². The summed E-state index contributed by atoms with van der Waals surface area (Å²) in [6, 6.07) is 7.31. The Hall–Kier alpha value is -1.08. The van der Waals surface area contributed by atoms with E-state index in [-0.39, 0.29) is 0 Å². The highest BCUT2D eigenvalue weighted by atomic mass is 15.0. The molecule has 0 aromatic heterocycles. The lowest BCUT2D eigenvalue weighted by Gasteiger charge is -2.14. The van der Waals surface area contributed by atoms with Crippen molar-refractivity contribution < 1.29 is 0 Å². The van der Waals surface area contributed by atoms with Gasteiger partial charge in [-0.25, -0.2) is 0 Å². The second kappa shape index (κ2) is 4.89. The van der Waals surface area contributed by atoms with Crippen molar-refractivity contribution in [1.82, 2.24) is 5.32 Å². The zero-order chi connectivity index (χ0) is 12.5. The molecule has 0 bridgehead atoms. The zero-order valence-electron chi connectivity index (χ0n) is 11.4. The molecule has 1 aliphatic heterocycles. The third kappa shape index (κ3) is 2.24. The van der Waals surface area contributed by atoms with Crippen molar-refractivity contribution in [2.24, 2.45) is 11.8 Å². The first-order valence-corrected chi connectivity index (χ1v) is 7.23. The second-order valence-corrected chi connectivity index (χ2v) is 6.01. The summed E-state index contributed by atoms with van der Waals surface area (Å²) in [5.74, 6) is 1.84. The average Bonchev–Trinajstić information content (AvgIpc) is 2.91. The van der Waals surface area contributed by atoms with Crippen LogP contribution in [0.4, 0.5) is 0 Å². The molecule has 2 fully saturated rings. The second-order valence-electron chi connectivity index (χ2n) is 6.01. The quantitative estimate of drug-likeness (QED) is 0.832. The van der Waals surface area contributed by atoms with E-state index in [1.165, 1.54) is 42.5 Å². The van der Waals surface area contributed by atoms with Gasteiger partial charge in [0.2, 0.25) is 0 Å². The van der Waals surface area contributed by atoms with E-state index < -0.39 is 0 Å². The van der Waals surface area contributed by atoms with Crippen molar-refractivity contribution in [3.8, 4) is 0 Å². The van der Waals surface area contributed by atoms with Gasteiger partial charge in [0.25, 0.3) is 0 Å². The summed E-state index contributed by atoms with van der Waals surface area (Å²) in [6.45, 7) is 5.59. The molecular weight excluding hydrogens is 218 g/mol. The lowest BCUT2D eigenvalue weighted by atomic mass is 9.93. The SMILES string of the molecule is Cc1ccc(/C=C/C2NCC3CCCC32)c(C)c1. The topological polar surface area (TPSA) is 12.0 Å². The van der Waals surface area contributed by atoms with Gasteiger partial charge in [-0.2, -0.15) is 0 Å². The summed E-state index contributed by atoms with van der Waals surface area (Å²) in [6.07, 6.45) is 9.00. The molecule has 96 valence electrons. The maximum atomic E-state index is 3.67. The lowest BCUT2D eigenvalue weighted by molar-refractivity contribution is 0.456. The molecule has 1 aromatic carbocycles. The van der Waals surface area contributed by atoms with Crippen LogP contribution in [0.5, 0.6) is 0 Å². The first-order valence-electron chi connectivity index (χ1n) is 7.23. The van der Waals surface area contributed by atoms with Gasteiger partial charge in [-0.1, -0.05) is 42.3 Å². The van der Waals surface area contributed by atoms with E-state index in [0.717, 1.165) is 11.8 Å². The van der Waals surface area contributed by atoms with E-state index in [1.807, 2.05) is 0 Å². The fourth-order valence-electron chi connectivity index (χ4n) is 3.66. The molecule has 1 nitrogen and oxygen atoms in total. The standard InChI is InChI=1S/C17H23N/c1-12-6-7-14(13(2)10-12)8-9-17-16-5-3-4-15(16)11-18-17/h6-10,15-18H,3-5,11H2,1-2H3/b9-8+. The van der Waals surface area contributed by atoms with E-state index in [1.54, 1.807) is 0 Å². The number of nitrogens with one attached hydrogen (secondary N) is 1. The summed E-state index contributed by atoms with van der Waals surface area (Å²) < 4.78 is 0. The van der Waals surface area contributed by atoms with Crippen LogP contribution in [-0.2, 0) is 0 Å². The van der Waals surface area contributed by atoms with E-state index >= 15 is 0 Å². The molecular formula is C17H23N. The van der Waals surface area contributed by atoms with Crippen molar-refractivity contribution in [3.05, 3.63) is 41.0 Å². The molecule has 1 heteroatoms. The zero-order valence-corrected chi connectivity index (χ0v) is 11.4. The summed E-state index contributed by atoms with van der Waals surface area (Å²) in [5, 5.41) is 3.67. The number of fused-ring (bicyclic) bond motifs is 1. The van der Waals surface area contributed by atoms with Gasteiger partial charge < -0.3 is 5.32 Å². The molecule has 0 amide bonds. The van der Waals surface area contributed by atoms with Gasteiger partial charge in [0.05, 0.1) is 0 Å². The summed E-state index contributed by atoms with van der Waals surface area (Å²) >= 11 is 0. The van der Waals surface area contributed by atoms with Crippen molar-refractivity contribution >= 4 is 6.08 Å². The van der Waals surface area contributed by atoms with Crippen molar-refractivity contribution in [2.75, 3.05) is 6.54 Å². The van der Waals surface area contributed by atoms with Gasteiger partial charge in [-0.3, -0.25) is 0 Å². The Morgan fingerprint density at radius 2 is 2.11 bits per heavy atom. The van der Waals surface area contributed by atoms with Crippen molar-refractivity contribution in [2.45, 2.75) is 39.2 Å². The van der Waals surface area contributed by atoms with E-state index in [4.69, 9.17) is 0 Å². The molecule has 1 heterocycles. The van der Waals surface area contributed by atoms with Crippen LogP contribution >= 0.6 is 0 Å². The summed E-state index contributed by atoms with van der Waals surface area (Å²) in [4.78, 5) is 0. The van der Waals surface area contributed by atoms with Crippen molar-refractivity contribution in [3.63, 3.8) is 0 Å². The minimum atomic E-state index is 0.609. The van der Waals surface area contributed by atoms with Gasteiger partial charge in [-0.15, -0.1) is 0 Å². The first kappa shape index (κ1) is 12.0. The maximum Gasteiger partial charge on any atom is 0.0284 e. The molecule has 3 unspecified atom stereocenters. The van der Waals surface area contributed by atoms with Gasteiger partial charge in [-0.05, 0) is 56.2 Å². The van der Waals surface area contributed by atoms with Crippen LogP contribution in [0.25, 0.3) is 6.08 Å². The fraction of sp³-hybridized carbons (Fsp3) is 0.529. The van der Waals surface area contributed by atoms with Crippen LogP contribution in [0.2, 0.25) is 0 Å².